The summed E-state index contributed by atoms with van der Waals surface area (Å²) in [4.78, 5) is 39.7. The van der Waals surface area contributed by atoms with Gasteiger partial charge in [0.2, 0.25) is 12.5 Å². The van der Waals surface area contributed by atoms with Gasteiger partial charge in [-0.15, -0.1) is 0 Å². The molecule has 0 saturated carbocycles. The van der Waals surface area contributed by atoms with Crippen LogP contribution in [0.4, 0.5) is 5.69 Å². The van der Waals surface area contributed by atoms with Gasteiger partial charge in [-0.1, -0.05) is 5.16 Å². The monoisotopic (exact) mass is 399 g/mol. The Bertz CT molecular complexity index is 878. The summed E-state index contributed by atoms with van der Waals surface area (Å²) in [5.41, 5.74) is 6.66. The number of carbonyl (C=O) groups is 3. The van der Waals surface area contributed by atoms with E-state index in [1.807, 2.05) is 0 Å². The molecular formula is C20H21N3O6. The molecule has 0 bridgehead atoms. The Labute approximate surface area is 167 Å². The molecule has 0 radical (unpaired) electrons. The number of nitrogens with zero attached hydrogens (tertiary/aromatic N) is 1. The van der Waals surface area contributed by atoms with Crippen molar-refractivity contribution in [3.8, 4) is 5.75 Å². The minimum atomic E-state index is -1.05. The molecule has 0 aromatic heterocycles. The van der Waals surface area contributed by atoms with E-state index < -0.39 is 30.5 Å². The van der Waals surface area contributed by atoms with E-state index in [-0.39, 0.29) is 0 Å². The predicted molar refractivity (Wildman–Crippen MR) is 106 cm³/mol. The maximum Gasteiger partial charge on any atom is 0.347 e. The molecule has 9 heteroatoms. The third-order valence-electron chi connectivity index (χ3n) is 3.69. The number of primary amides is 1. The molecule has 1 atom stereocenters. The Morgan fingerprint density at radius 1 is 1.10 bits per heavy atom. The van der Waals surface area contributed by atoms with Crippen molar-refractivity contribution in [1.29, 1.82) is 0 Å². The van der Waals surface area contributed by atoms with E-state index in [4.69, 9.17) is 20.0 Å². The van der Waals surface area contributed by atoms with Crippen molar-refractivity contribution in [3.05, 3.63) is 59.7 Å². The standard InChI is InChI=1S/C20H21N3O6/c1-13(20(26)23-16-7-5-15(6-8-16)19(21)25)29-18(24)12-28-22-11-14-3-9-17(27-2)10-4-14/h3-11,13H,12H2,1-2H3,(H2,21,25)(H,23,26). The van der Waals surface area contributed by atoms with Crippen molar-refractivity contribution in [1.82, 2.24) is 0 Å². The molecule has 2 amide bonds. The van der Waals surface area contributed by atoms with Crippen molar-refractivity contribution in [2.45, 2.75) is 13.0 Å². The number of nitrogens with one attached hydrogen (secondary N) is 1. The molecular weight excluding hydrogens is 378 g/mol. The number of amides is 2. The van der Waals surface area contributed by atoms with Crippen molar-refractivity contribution >= 4 is 29.7 Å². The molecule has 0 fully saturated rings. The fourth-order valence-corrected chi connectivity index (χ4v) is 2.12. The maximum absolute atomic E-state index is 12.1. The number of hydrogen-bond acceptors (Lipinski definition) is 7. The second-order valence-electron chi connectivity index (χ2n) is 5.84. The fraction of sp³-hybridized carbons (Fsp3) is 0.200. The molecule has 1 unspecified atom stereocenters. The van der Waals surface area contributed by atoms with Crippen LogP contribution < -0.4 is 15.8 Å². The summed E-state index contributed by atoms with van der Waals surface area (Å²) in [6, 6.07) is 13.0. The summed E-state index contributed by atoms with van der Waals surface area (Å²) in [5.74, 6) is -1.14. The Balaban J connectivity index is 1.74. The van der Waals surface area contributed by atoms with Gasteiger partial charge in [0.1, 0.15) is 5.75 Å². The Kier molecular flexibility index (Phi) is 7.72. The Morgan fingerprint density at radius 2 is 1.76 bits per heavy atom. The quantitative estimate of drug-likeness (QED) is 0.375. The highest BCUT2D eigenvalue weighted by molar-refractivity contribution is 5.96. The average Bonchev–Trinajstić information content (AvgIpc) is 2.72. The van der Waals surface area contributed by atoms with E-state index in [1.165, 1.54) is 37.4 Å². The summed E-state index contributed by atoms with van der Waals surface area (Å²) < 4.78 is 10.0. The van der Waals surface area contributed by atoms with Gasteiger partial charge in [-0.25, -0.2) is 4.79 Å². The van der Waals surface area contributed by atoms with E-state index in [1.54, 1.807) is 31.4 Å². The molecule has 0 aliphatic carbocycles. The number of nitrogens with two attached hydrogens (primary N) is 1. The minimum Gasteiger partial charge on any atom is -0.497 e. The third kappa shape index (κ3) is 6.98. The molecule has 2 aromatic carbocycles. The molecule has 0 spiro atoms. The number of oxime groups is 1. The van der Waals surface area contributed by atoms with Crippen LogP contribution in [0.3, 0.4) is 0 Å². The highest BCUT2D eigenvalue weighted by Crippen LogP contribution is 2.11. The number of anilines is 1. The number of rotatable bonds is 9. The van der Waals surface area contributed by atoms with Crippen molar-refractivity contribution in [3.63, 3.8) is 0 Å². The molecule has 2 rings (SSSR count). The number of carbonyl (C=O) groups excluding carboxylic acids is 3. The van der Waals surface area contributed by atoms with Crippen LogP contribution in [0.1, 0.15) is 22.8 Å². The molecule has 2 aromatic rings. The molecule has 9 nitrogen and oxygen atoms in total. The molecule has 152 valence electrons. The first-order valence-corrected chi connectivity index (χ1v) is 8.58. The largest absolute Gasteiger partial charge is 0.497 e. The predicted octanol–water partition coefficient (Wildman–Crippen LogP) is 1.71. The molecule has 0 saturated heterocycles. The van der Waals surface area contributed by atoms with Crippen LogP contribution in [0.5, 0.6) is 5.75 Å². The molecule has 0 aliphatic rings. The Hall–Kier alpha value is -3.88. The topological polar surface area (TPSA) is 129 Å². The van der Waals surface area contributed by atoms with E-state index >= 15 is 0 Å². The van der Waals surface area contributed by atoms with E-state index in [2.05, 4.69) is 10.5 Å². The van der Waals surface area contributed by atoms with Crippen molar-refractivity contribution in [2.24, 2.45) is 10.9 Å². The SMILES string of the molecule is COc1ccc(C=NOCC(=O)OC(C)C(=O)Nc2ccc(C(N)=O)cc2)cc1. The highest BCUT2D eigenvalue weighted by Gasteiger charge is 2.18. The van der Waals surface area contributed by atoms with Crippen LogP contribution in [0.15, 0.2) is 53.7 Å². The van der Waals surface area contributed by atoms with Gasteiger partial charge in [0, 0.05) is 11.3 Å². The number of esters is 1. The molecule has 3 N–H and O–H groups in total. The second-order valence-corrected chi connectivity index (χ2v) is 5.84. The first-order chi connectivity index (χ1) is 13.9. The zero-order valence-electron chi connectivity index (χ0n) is 16.0. The lowest BCUT2D eigenvalue weighted by Crippen LogP contribution is -2.31. The van der Waals surface area contributed by atoms with Gasteiger partial charge in [-0.3, -0.25) is 9.59 Å². The van der Waals surface area contributed by atoms with E-state index in [0.717, 1.165) is 5.56 Å². The fourth-order valence-electron chi connectivity index (χ4n) is 2.12. The van der Waals surface area contributed by atoms with Gasteiger partial charge in [-0.2, -0.15) is 0 Å². The van der Waals surface area contributed by atoms with Gasteiger partial charge in [0.15, 0.2) is 6.10 Å². The smallest absolute Gasteiger partial charge is 0.347 e. The number of methoxy groups -OCH3 is 1. The highest BCUT2D eigenvalue weighted by atomic mass is 16.7. The van der Waals surface area contributed by atoms with Crippen LogP contribution in [0.2, 0.25) is 0 Å². The lowest BCUT2D eigenvalue weighted by atomic mass is 10.2. The summed E-state index contributed by atoms with van der Waals surface area (Å²) in [6.45, 7) is 0.975. The first-order valence-electron chi connectivity index (χ1n) is 8.58. The average molecular weight is 399 g/mol. The zero-order valence-corrected chi connectivity index (χ0v) is 16.0. The summed E-state index contributed by atoms with van der Waals surface area (Å²) in [5, 5.41) is 6.24. The van der Waals surface area contributed by atoms with E-state index in [9.17, 15) is 14.4 Å². The molecule has 29 heavy (non-hydrogen) atoms. The van der Waals surface area contributed by atoms with Crippen LogP contribution in [-0.4, -0.2) is 43.8 Å². The number of benzene rings is 2. The minimum absolute atomic E-state index is 0.315. The van der Waals surface area contributed by atoms with Gasteiger partial charge in [0.25, 0.3) is 5.91 Å². The van der Waals surface area contributed by atoms with Crippen LogP contribution in [0, 0.1) is 0 Å². The number of hydrogen-bond donors (Lipinski definition) is 2. The van der Waals surface area contributed by atoms with E-state index in [0.29, 0.717) is 17.0 Å². The van der Waals surface area contributed by atoms with Gasteiger partial charge in [0.05, 0.1) is 13.3 Å². The van der Waals surface area contributed by atoms with Crippen LogP contribution in [-0.2, 0) is 19.2 Å². The lowest BCUT2D eigenvalue weighted by molar-refractivity contribution is -0.157. The molecule has 0 heterocycles. The maximum atomic E-state index is 12.1. The number of ether oxygens (including phenoxy) is 2. The first kappa shape index (κ1) is 21.4. The third-order valence-corrected chi connectivity index (χ3v) is 3.69. The van der Waals surface area contributed by atoms with Crippen molar-refractivity contribution in [2.75, 3.05) is 19.0 Å². The van der Waals surface area contributed by atoms with Crippen LogP contribution in [0.25, 0.3) is 0 Å². The summed E-state index contributed by atoms with van der Waals surface area (Å²) >= 11 is 0. The van der Waals surface area contributed by atoms with Crippen molar-refractivity contribution < 1.29 is 28.7 Å². The van der Waals surface area contributed by atoms with Gasteiger partial charge < -0.3 is 25.4 Å². The second kappa shape index (κ2) is 10.5. The van der Waals surface area contributed by atoms with Gasteiger partial charge >= 0.3 is 5.97 Å². The normalized spacial score (nSPS) is 11.5. The summed E-state index contributed by atoms with van der Waals surface area (Å²) in [7, 11) is 1.57. The summed E-state index contributed by atoms with van der Waals surface area (Å²) in [6.07, 6.45) is 0.381. The zero-order chi connectivity index (χ0) is 21.2. The van der Waals surface area contributed by atoms with Crippen LogP contribution >= 0.6 is 0 Å². The molecule has 0 aliphatic heterocycles. The van der Waals surface area contributed by atoms with Gasteiger partial charge in [-0.05, 0) is 61.0 Å². The Morgan fingerprint density at radius 3 is 2.34 bits per heavy atom. The lowest BCUT2D eigenvalue weighted by Gasteiger charge is -2.13.